The number of nitrogens with zero attached hydrogens (tertiary/aromatic N) is 3. The van der Waals surface area contributed by atoms with Gasteiger partial charge in [0, 0.05) is 0 Å². The molecule has 0 amide bonds. The van der Waals surface area contributed by atoms with Gasteiger partial charge in [-0.2, -0.15) is 5.10 Å². The minimum Gasteiger partial charge on any atom is -0.490 e. The highest BCUT2D eigenvalue weighted by Gasteiger charge is 2.03. The largest absolute Gasteiger partial charge is 0.490 e. The Morgan fingerprint density at radius 2 is 1.94 bits per heavy atom. The van der Waals surface area contributed by atoms with Gasteiger partial charge in [0.25, 0.3) is 0 Å². The molecular weight excluding hydrogens is 218 g/mol. The van der Waals surface area contributed by atoms with Gasteiger partial charge in [-0.15, -0.1) is 0 Å². The number of hydrogen-bond donors (Lipinski definition) is 0. The normalized spacial score (nSPS) is 10.2. The summed E-state index contributed by atoms with van der Waals surface area (Å²) in [5.41, 5.74) is 0. The molecule has 0 aliphatic carbocycles. The molecule has 17 heavy (non-hydrogen) atoms. The lowest BCUT2D eigenvalue weighted by molar-refractivity contribution is 0.262. The van der Waals surface area contributed by atoms with E-state index in [4.69, 9.17) is 9.47 Å². The molecule has 0 saturated heterocycles. The minimum absolute atomic E-state index is 0.535. The number of hydrogen-bond acceptors (Lipinski definition) is 4. The van der Waals surface area contributed by atoms with Gasteiger partial charge in [0.1, 0.15) is 19.3 Å². The molecule has 0 aliphatic rings. The first-order chi connectivity index (χ1) is 8.40. The molecular formula is C12H15N3O2. The molecule has 0 saturated carbocycles. The van der Waals surface area contributed by atoms with Crippen molar-refractivity contribution in [1.82, 2.24) is 14.8 Å². The molecule has 0 N–H and O–H groups in total. The maximum atomic E-state index is 5.65. The first kappa shape index (κ1) is 11.4. The molecule has 5 nitrogen and oxygen atoms in total. The molecule has 1 aromatic heterocycles. The summed E-state index contributed by atoms with van der Waals surface area (Å²) >= 11 is 0. The van der Waals surface area contributed by atoms with Gasteiger partial charge in [0.2, 0.25) is 0 Å². The number of ether oxygens (including phenoxy) is 2. The summed E-state index contributed by atoms with van der Waals surface area (Å²) in [7, 11) is 0. The summed E-state index contributed by atoms with van der Waals surface area (Å²) in [6.45, 7) is 3.78. The van der Waals surface area contributed by atoms with Crippen molar-refractivity contribution in [2.45, 2.75) is 13.5 Å². The van der Waals surface area contributed by atoms with E-state index in [1.165, 1.54) is 6.33 Å². The quantitative estimate of drug-likeness (QED) is 0.762. The average Bonchev–Trinajstić information content (AvgIpc) is 2.85. The lowest BCUT2D eigenvalue weighted by Gasteiger charge is -2.11. The van der Waals surface area contributed by atoms with Crippen LogP contribution in [0.2, 0.25) is 0 Å². The van der Waals surface area contributed by atoms with Gasteiger partial charge in [0.05, 0.1) is 13.2 Å². The van der Waals surface area contributed by atoms with Crippen molar-refractivity contribution in [3.63, 3.8) is 0 Å². The van der Waals surface area contributed by atoms with Gasteiger partial charge in [0.15, 0.2) is 11.5 Å². The van der Waals surface area contributed by atoms with Gasteiger partial charge in [-0.05, 0) is 19.1 Å². The summed E-state index contributed by atoms with van der Waals surface area (Å²) in [6.07, 6.45) is 3.17. The molecule has 0 unspecified atom stereocenters. The molecule has 90 valence electrons. The zero-order valence-corrected chi connectivity index (χ0v) is 9.74. The molecule has 0 atom stereocenters. The fraction of sp³-hybridized carbons (Fsp3) is 0.333. The molecule has 2 rings (SSSR count). The summed E-state index contributed by atoms with van der Waals surface area (Å²) in [4.78, 5) is 3.87. The topological polar surface area (TPSA) is 49.2 Å². The zero-order valence-electron chi connectivity index (χ0n) is 9.74. The predicted molar refractivity (Wildman–Crippen MR) is 63.1 cm³/mol. The van der Waals surface area contributed by atoms with Crippen LogP contribution < -0.4 is 9.47 Å². The number of benzene rings is 1. The van der Waals surface area contributed by atoms with Crippen molar-refractivity contribution in [1.29, 1.82) is 0 Å². The highest BCUT2D eigenvalue weighted by atomic mass is 16.5. The van der Waals surface area contributed by atoms with Crippen molar-refractivity contribution in [2.75, 3.05) is 13.2 Å². The van der Waals surface area contributed by atoms with Gasteiger partial charge in [-0.1, -0.05) is 12.1 Å². The van der Waals surface area contributed by atoms with E-state index >= 15 is 0 Å². The fourth-order valence-electron chi connectivity index (χ4n) is 1.44. The van der Waals surface area contributed by atoms with Crippen LogP contribution in [0.5, 0.6) is 11.5 Å². The Labute approximate surface area is 100 Å². The first-order valence-electron chi connectivity index (χ1n) is 5.57. The van der Waals surface area contributed by atoms with Gasteiger partial charge in [-0.25, -0.2) is 9.67 Å². The second kappa shape index (κ2) is 5.89. The summed E-state index contributed by atoms with van der Waals surface area (Å²) in [5.74, 6) is 1.53. The Morgan fingerprint density at radius 3 is 2.59 bits per heavy atom. The second-order valence-electron chi connectivity index (χ2n) is 3.39. The zero-order chi connectivity index (χ0) is 11.9. The molecule has 0 bridgehead atoms. The monoisotopic (exact) mass is 233 g/mol. The van der Waals surface area contributed by atoms with Gasteiger partial charge >= 0.3 is 0 Å². The molecule has 2 aromatic rings. The maximum absolute atomic E-state index is 5.65. The molecule has 1 aromatic carbocycles. The fourth-order valence-corrected chi connectivity index (χ4v) is 1.44. The molecule has 1 heterocycles. The van der Waals surface area contributed by atoms with Crippen molar-refractivity contribution >= 4 is 0 Å². The van der Waals surface area contributed by atoms with Crippen LogP contribution in [0.3, 0.4) is 0 Å². The van der Waals surface area contributed by atoms with Crippen LogP contribution in [0.1, 0.15) is 6.92 Å². The molecule has 0 aliphatic heterocycles. The number of para-hydroxylation sites is 2. The third kappa shape index (κ3) is 3.21. The molecule has 0 spiro atoms. The van der Waals surface area contributed by atoms with Crippen molar-refractivity contribution < 1.29 is 9.47 Å². The van der Waals surface area contributed by atoms with E-state index < -0.39 is 0 Å². The lowest BCUT2D eigenvalue weighted by Crippen LogP contribution is -2.09. The Morgan fingerprint density at radius 1 is 1.18 bits per heavy atom. The van der Waals surface area contributed by atoms with Crippen LogP contribution in [-0.4, -0.2) is 28.0 Å². The smallest absolute Gasteiger partial charge is 0.161 e. The summed E-state index contributed by atoms with van der Waals surface area (Å²) in [6, 6.07) is 7.64. The van der Waals surface area contributed by atoms with E-state index in [-0.39, 0.29) is 0 Å². The Hall–Kier alpha value is -2.04. The van der Waals surface area contributed by atoms with Crippen molar-refractivity contribution in [3.05, 3.63) is 36.9 Å². The van der Waals surface area contributed by atoms with Gasteiger partial charge < -0.3 is 9.47 Å². The average molecular weight is 233 g/mol. The molecule has 5 heteroatoms. The highest BCUT2D eigenvalue weighted by Crippen LogP contribution is 2.26. The Kier molecular flexibility index (Phi) is 3.96. The highest BCUT2D eigenvalue weighted by molar-refractivity contribution is 5.39. The van der Waals surface area contributed by atoms with E-state index in [1.54, 1.807) is 11.0 Å². The standard InChI is InChI=1S/C12H15N3O2/c1-2-16-11-5-3-4-6-12(11)17-8-7-15-10-13-9-14-15/h3-6,9-10H,2,7-8H2,1H3. The van der Waals surface area contributed by atoms with Crippen LogP contribution in [0.25, 0.3) is 0 Å². The third-order valence-electron chi connectivity index (χ3n) is 2.19. The Balaban J connectivity index is 1.89. The number of aromatic nitrogens is 3. The van der Waals surface area contributed by atoms with Crippen LogP contribution >= 0.6 is 0 Å². The van der Waals surface area contributed by atoms with Crippen molar-refractivity contribution in [3.8, 4) is 11.5 Å². The first-order valence-corrected chi connectivity index (χ1v) is 5.57. The van der Waals surface area contributed by atoms with Crippen LogP contribution in [-0.2, 0) is 6.54 Å². The lowest BCUT2D eigenvalue weighted by atomic mass is 10.3. The van der Waals surface area contributed by atoms with E-state index in [0.29, 0.717) is 19.8 Å². The number of rotatable bonds is 6. The predicted octanol–water partition coefficient (Wildman–Crippen LogP) is 1.76. The summed E-state index contributed by atoms with van der Waals surface area (Å²) < 4.78 is 12.8. The second-order valence-corrected chi connectivity index (χ2v) is 3.39. The summed E-state index contributed by atoms with van der Waals surface area (Å²) in [5, 5.41) is 4.00. The maximum Gasteiger partial charge on any atom is 0.161 e. The Bertz CT molecular complexity index is 443. The van der Waals surface area contributed by atoms with E-state index in [9.17, 15) is 0 Å². The minimum atomic E-state index is 0.535. The van der Waals surface area contributed by atoms with Crippen LogP contribution in [0.4, 0.5) is 0 Å². The SMILES string of the molecule is CCOc1ccccc1OCCn1cncn1. The van der Waals surface area contributed by atoms with E-state index in [0.717, 1.165) is 11.5 Å². The third-order valence-corrected chi connectivity index (χ3v) is 2.19. The van der Waals surface area contributed by atoms with Crippen LogP contribution in [0.15, 0.2) is 36.9 Å². The molecule has 0 radical (unpaired) electrons. The van der Waals surface area contributed by atoms with Crippen molar-refractivity contribution in [2.24, 2.45) is 0 Å². The van der Waals surface area contributed by atoms with E-state index in [1.807, 2.05) is 31.2 Å². The molecule has 0 fully saturated rings. The van der Waals surface area contributed by atoms with Gasteiger partial charge in [-0.3, -0.25) is 0 Å². The van der Waals surface area contributed by atoms with E-state index in [2.05, 4.69) is 10.1 Å². The van der Waals surface area contributed by atoms with Crippen LogP contribution in [0, 0.1) is 0 Å².